The molecule has 1 amide bonds. The van der Waals surface area contributed by atoms with Gasteiger partial charge in [0, 0.05) is 15.6 Å². The van der Waals surface area contributed by atoms with Crippen molar-refractivity contribution in [2.75, 3.05) is 13.7 Å². The molecule has 0 bridgehead atoms. The van der Waals surface area contributed by atoms with Crippen LogP contribution in [0.15, 0.2) is 35.2 Å². The SMILES string of the molecule is COc1cc(/C=C2\SC(=S)NC2=O)cc(-c2cc(Cl)cc(Cl)c2)c1OCC(=O)O. The van der Waals surface area contributed by atoms with Gasteiger partial charge in [-0.2, -0.15) is 0 Å². The zero-order chi connectivity index (χ0) is 21.1. The summed E-state index contributed by atoms with van der Waals surface area (Å²) >= 11 is 18.4. The maximum atomic E-state index is 12.0. The van der Waals surface area contributed by atoms with E-state index in [0.717, 1.165) is 11.8 Å². The van der Waals surface area contributed by atoms with Gasteiger partial charge in [-0.3, -0.25) is 4.79 Å². The number of hydrogen-bond donors (Lipinski definition) is 2. The number of nitrogens with one attached hydrogen (secondary N) is 1. The summed E-state index contributed by atoms with van der Waals surface area (Å²) in [5.41, 5.74) is 1.73. The summed E-state index contributed by atoms with van der Waals surface area (Å²) in [7, 11) is 1.43. The molecule has 0 unspecified atom stereocenters. The van der Waals surface area contributed by atoms with Gasteiger partial charge >= 0.3 is 5.97 Å². The van der Waals surface area contributed by atoms with Crippen LogP contribution in [0.1, 0.15) is 5.56 Å². The molecule has 1 heterocycles. The highest BCUT2D eigenvalue weighted by Gasteiger charge is 2.23. The molecule has 29 heavy (non-hydrogen) atoms. The van der Waals surface area contributed by atoms with Crippen molar-refractivity contribution in [1.82, 2.24) is 5.32 Å². The maximum absolute atomic E-state index is 12.0. The molecule has 1 aliphatic heterocycles. The number of ether oxygens (including phenoxy) is 2. The predicted molar refractivity (Wildman–Crippen MR) is 118 cm³/mol. The lowest BCUT2D eigenvalue weighted by atomic mass is 10.0. The van der Waals surface area contributed by atoms with Crippen LogP contribution in [-0.2, 0) is 9.59 Å². The Labute approximate surface area is 185 Å². The molecule has 0 aromatic heterocycles. The van der Waals surface area contributed by atoms with Gasteiger partial charge in [0.2, 0.25) is 0 Å². The lowest BCUT2D eigenvalue weighted by Crippen LogP contribution is -2.17. The lowest BCUT2D eigenvalue weighted by molar-refractivity contribution is -0.139. The van der Waals surface area contributed by atoms with E-state index in [2.05, 4.69) is 5.32 Å². The molecule has 0 atom stereocenters. The van der Waals surface area contributed by atoms with Gasteiger partial charge in [0.15, 0.2) is 18.1 Å². The number of methoxy groups -OCH3 is 1. The molecular weight excluding hydrogens is 457 g/mol. The summed E-state index contributed by atoms with van der Waals surface area (Å²) in [5, 5.41) is 12.4. The third kappa shape index (κ3) is 5.22. The van der Waals surface area contributed by atoms with Crippen LogP contribution in [0.3, 0.4) is 0 Å². The first kappa shape index (κ1) is 21.4. The molecule has 2 aromatic rings. The van der Waals surface area contributed by atoms with Gasteiger partial charge in [-0.1, -0.05) is 47.2 Å². The maximum Gasteiger partial charge on any atom is 0.341 e. The van der Waals surface area contributed by atoms with Crippen molar-refractivity contribution in [3.05, 3.63) is 50.8 Å². The molecule has 150 valence electrons. The van der Waals surface area contributed by atoms with E-state index in [1.165, 1.54) is 7.11 Å². The molecule has 6 nitrogen and oxygen atoms in total. The minimum Gasteiger partial charge on any atom is -0.493 e. The molecule has 2 aromatic carbocycles. The standard InChI is InChI=1S/C19H13Cl2NO5S2/c1-26-14-3-9(4-15-18(25)22-19(28)29-15)2-13(17(14)27-8-16(23)24)10-5-11(20)7-12(21)6-10/h2-7H,8H2,1H3,(H,23,24)(H,22,25,28)/b15-4-. The highest BCUT2D eigenvalue weighted by molar-refractivity contribution is 8.26. The van der Waals surface area contributed by atoms with E-state index in [1.54, 1.807) is 36.4 Å². The van der Waals surface area contributed by atoms with Gasteiger partial charge in [-0.15, -0.1) is 0 Å². The van der Waals surface area contributed by atoms with Gasteiger partial charge < -0.3 is 19.9 Å². The number of carboxylic acid groups (broad SMARTS) is 1. The smallest absolute Gasteiger partial charge is 0.341 e. The summed E-state index contributed by atoms with van der Waals surface area (Å²) < 4.78 is 11.3. The van der Waals surface area contributed by atoms with Gasteiger partial charge in [0.25, 0.3) is 5.91 Å². The second-order valence-electron chi connectivity index (χ2n) is 5.79. The highest BCUT2D eigenvalue weighted by atomic mass is 35.5. The van der Waals surface area contributed by atoms with Crippen molar-refractivity contribution in [2.24, 2.45) is 0 Å². The van der Waals surface area contributed by atoms with Crippen molar-refractivity contribution in [3.63, 3.8) is 0 Å². The highest BCUT2D eigenvalue weighted by Crippen LogP contribution is 2.42. The Kier molecular flexibility index (Phi) is 6.69. The fourth-order valence-electron chi connectivity index (χ4n) is 2.64. The van der Waals surface area contributed by atoms with E-state index in [4.69, 9.17) is 50.0 Å². The van der Waals surface area contributed by atoms with Crippen LogP contribution in [0.5, 0.6) is 11.5 Å². The molecule has 0 saturated carbocycles. The van der Waals surface area contributed by atoms with E-state index < -0.39 is 12.6 Å². The number of benzene rings is 2. The van der Waals surface area contributed by atoms with Gasteiger partial charge in [0.1, 0.15) is 4.32 Å². The van der Waals surface area contributed by atoms with Gasteiger partial charge in [-0.05, 0) is 47.5 Å². The van der Waals surface area contributed by atoms with Crippen LogP contribution in [0.25, 0.3) is 17.2 Å². The molecule has 2 N–H and O–H groups in total. The monoisotopic (exact) mass is 469 g/mol. The number of thiocarbonyl (C=S) groups is 1. The minimum atomic E-state index is -1.14. The second-order valence-corrected chi connectivity index (χ2v) is 8.38. The number of amides is 1. The number of aliphatic carboxylic acids is 1. The van der Waals surface area contributed by atoms with Crippen LogP contribution < -0.4 is 14.8 Å². The zero-order valence-electron chi connectivity index (χ0n) is 14.8. The Morgan fingerprint density at radius 2 is 1.93 bits per heavy atom. The number of halogens is 2. The fourth-order valence-corrected chi connectivity index (χ4v) is 4.21. The van der Waals surface area contributed by atoms with Crippen LogP contribution >= 0.6 is 47.2 Å². The average Bonchev–Trinajstić information content (AvgIpc) is 2.95. The van der Waals surface area contributed by atoms with Crippen LogP contribution in [0, 0.1) is 0 Å². The van der Waals surface area contributed by atoms with Crippen molar-refractivity contribution in [3.8, 4) is 22.6 Å². The summed E-state index contributed by atoms with van der Waals surface area (Å²) in [6.07, 6.45) is 1.65. The number of thioether (sulfide) groups is 1. The molecule has 0 spiro atoms. The van der Waals surface area contributed by atoms with Crippen molar-refractivity contribution in [2.45, 2.75) is 0 Å². The first-order valence-corrected chi connectivity index (χ1v) is 10.0. The average molecular weight is 470 g/mol. The molecule has 1 fully saturated rings. The number of hydrogen-bond acceptors (Lipinski definition) is 6. The fraction of sp³-hybridized carbons (Fsp3) is 0.105. The Balaban J connectivity index is 2.18. The van der Waals surface area contributed by atoms with Crippen LogP contribution in [0.4, 0.5) is 0 Å². The molecule has 0 aliphatic carbocycles. The third-order valence-electron chi connectivity index (χ3n) is 3.75. The summed E-state index contributed by atoms with van der Waals surface area (Å²) in [6, 6.07) is 8.27. The van der Waals surface area contributed by atoms with E-state index in [9.17, 15) is 9.59 Å². The molecule has 10 heteroatoms. The Bertz CT molecular complexity index is 1030. The normalized spacial score (nSPS) is 14.8. The molecule has 0 radical (unpaired) electrons. The first-order valence-electron chi connectivity index (χ1n) is 8.05. The van der Waals surface area contributed by atoms with Crippen LogP contribution in [-0.4, -0.2) is 35.0 Å². The quantitative estimate of drug-likeness (QED) is 0.471. The van der Waals surface area contributed by atoms with Crippen molar-refractivity contribution in [1.29, 1.82) is 0 Å². The number of carbonyl (C=O) groups is 2. The molecule has 1 aliphatic rings. The zero-order valence-corrected chi connectivity index (χ0v) is 18.0. The summed E-state index contributed by atoms with van der Waals surface area (Å²) in [5.74, 6) is -0.925. The minimum absolute atomic E-state index is 0.217. The predicted octanol–water partition coefficient (Wildman–Crippen LogP) is 4.62. The lowest BCUT2D eigenvalue weighted by Gasteiger charge is -2.16. The Morgan fingerprint density at radius 3 is 2.48 bits per heavy atom. The molecule has 3 rings (SSSR count). The topological polar surface area (TPSA) is 84.9 Å². The van der Waals surface area contributed by atoms with E-state index in [0.29, 0.717) is 36.0 Å². The van der Waals surface area contributed by atoms with Gasteiger partial charge in [-0.25, -0.2) is 4.79 Å². The number of rotatable bonds is 6. The Hall–Kier alpha value is -2.26. The van der Waals surface area contributed by atoms with E-state index >= 15 is 0 Å². The summed E-state index contributed by atoms with van der Waals surface area (Å²) in [6.45, 7) is -0.565. The van der Waals surface area contributed by atoms with Crippen LogP contribution in [0.2, 0.25) is 10.0 Å². The first-order chi connectivity index (χ1) is 13.8. The van der Waals surface area contributed by atoms with Gasteiger partial charge in [0.05, 0.1) is 12.0 Å². The van der Waals surface area contributed by atoms with Crippen molar-refractivity contribution >= 4 is 69.5 Å². The largest absolute Gasteiger partial charge is 0.493 e. The molecular formula is C19H13Cl2NO5S2. The number of carbonyl (C=O) groups excluding carboxylic acids is 1. The summed E-state index contributed by atoms with van der Waals surface area (Å²) in [4.78, 5) is 23.4. The number of carboxylic acids is 1. The molecule has 1 saturated heterocycles. The Morgan fingerprint density at radius 1 is 1.24 bits per heavy atom. The van der Waals surface area contributed by atoms with Crippen molar-refractivity contribution < 1.29 is 24.2 Å². The van der Waals surface area contributed by atoms with E-state index in [-0.39, 0.29) is 17.4 Å². The van der Waals surface area contributed by atoms with E-state index in [1.807, 2.05) is 0 Å². The second kappa shape index (κ2) is 9.04. The third-order valence-corrected chi connectivity index (χ3v) is 5.35.